The fraction of sp³-hybridized carbons (Fsp3) is 0.647. The van der Waals surface area contributed by atoms with Crippen molar-refractivity contribution >= 4 is 5.95 Å². The van der Waals surface area contributed by atoms with E-state index in [1.807, 2.05) is 23.3 Å². The van der Waals surface area contributed by atoms with Gasteiger partial charge in [0.2, 0.25) is 5.95 Å². The first-order chi connectivity index (χ1) is 12.7. The first kappa shape index (κ1) is 17.3. The molecule has 0 N–H and O–H groups in total. The van der Waals surface area contributed by atoms with Crippen molar-refractivity contribution in [2.45, 2.75) is 18.6 Å². The van der Waals surface area contributed by atoms with Crippen molar-refractivity contribution in [1.29, 1.82) is 0 Å². The third kappa shape index (κ3) is 3.69. The summed E-state index contributed by atoms with van der Waals surface area (Å²) in [5.41, 5.74) is 1.14. The normalized spacial score (nSPS) is 24.5. The van der Waals surface area contributed by atoms with Crippen LogP contribution < -0.4 is 4.90 Å². The summed E-state index contributed by atoms with van der Waals surface area (Å²) in [6.45, 7) is 5.98. The van der Waals surface area contributed by atoms with Crippen molar-refractivity contribution < 1.29 is 4.74 Å². The molecule has 2 aromatic heterocycles. The molecular formula is C17H26N8O. The molecule has 2 saturated heterocycles. The van der Waals surface area contributed by atoms with Crippen LogP contribution in [0.25, 0.3) is 0 Å². The van der Waals surface area contributed by atoms with E-state index in [9.17, 15) is 0 Å². The van der Waals surface area contributed by atoms with Crippen LogP contribution in [0.3, 0.4) is 0 Å². The quantitative estimate of drug-likeness (QED) is 0.733. The SMILES string of the molecule is CN(C)[C@@H]1CN(Cc2cnc(N3CCOCC3)nc2)C[C@@H]1n1ccnn1. The van der Waals surface area contributed by atoms with Crippen molar-refractivity contribution in [1.82, 2.24) is 34.8 Å². The largest absolute Gasteiger partial charge is 0.378 e. The number of hydrogen-bond acceptors (Lipinski definition) is 8. The number of hydrogen-bond donors (Lipinski definition) is 0. The van der Waals surface area contributed by atoms with Gasteiger partial charge in [-0.05, 0) is 14.1 Å². The zero-order chi connectivity index (χ0) is 17.9. The number of rotatable bonds is 5. The van der Waals surface area contributed by atoms with Gasteiger partial charge in [-0.1, -0.05) is 5.21 Å². The summed E-state index contributed by atoms with van der Waals surface area (Å²) in [6.07, 6.45) is 7.59. The summed E-state index contributed by atoms with van der Waals surface area (Å²) >= 11 is 0. The van der Waals surface area contributed by atoms with Crippen molar-refractivity contribution in [2.24, 2.45) is 0 Å². The fourth-order valence-electron chi connectivity index (χ4n) is 3.75. The zero-order valence-electron chi connectivity index (χ0n) is 15.4. The number of ether oxygens (including phenoxy) is 1. The van der Waals surface area contributed by atoms with Gasteiger partial charge in [-0.25, -0.2) is 14.6 Å². The van der Waals surface area contributed by atoms with Gasteiger partial charge in [-0.3, -0.25) is 4.90 Å². The van der Waals surface area contributed by atoms with E-state index < -0.39 is 0 Å². The van der Waals surface area contributed by atoms with E-state index in [4.69, 9.17) is 4.74 Å². The maximum atomic E-state index is 5.38. The Morgan fingerprint density at radius 1 is 1.15 bits per heavy atom. The molecule has 4 heterocycles. The molecule has 4 rings (SSSR count). The Morgan fingerprint density at radius 3 is 2.58 bits per heavy atom. The lowest BCUT2D eigenvalue weighted by Crippen LogP contribution is -2.37. The summed E-state index contributed by atoms with van der Waals surface area (Å²) in [5, 5.41) is 8.17. The highest BCUT2D eigenvalue weighted by Gasteiger charge is 2.35. The number of morpholine rings is 1. The second-order valence-electron chi connectivity index (χ2n) is 7.17. The van der Waals surface area contributed by atoms with Crippen molar-refractivity contribution in [3.05, 3.63) is 30.4 Å². The molecule has 9 nitrogen and oxygen atoms in total. The van der Waals surface area contributed by atoms with E-state index in [0.717, 1.165) is 57.4 Å². The molecule has 0 spiro atoms. The van der Waals surface area contributed by atoms with E-state index in [1.54, 1.807) is 6.20 Å². The maximum absolute atomic E-state index is 5.38. The summed E-state index contributed by atoms with van der Waals surface area (Å²) in [7, 11) is 4.25. The lowest BCUT2D eigenvalue weighted by molar-refractivity contribution is 0.122. The Hall–Kier alpha value is -2.10. The van der Waals surface area contributed by atoms with Crippen LogP contribution in [-0.4, -0.2) is 94.3 Å². The number of likely N-dealkylation sites (tertiary alicyclic amines) is 1. The Balaban J connectivity index is 1.41. The first-order valence-electron chi connectivity index (χ1n) is 9.09. The molecule has 140 valence electrons. The second-order valence-corrected chi connectivity index (χ2v) is 7.17. The summed E-state index contributed by atoms with van der Waals surface area (Å²) in [5.74, 6) is 0.796. The highest BCUT2D eigenvalue weighted by atomic mass is 16.5. The van der Waals surface area contributed by atoms with Crippen LogP contribution >= 0.6 is 0 Å². The van der Waals surface area contributed by atoms with Gasteiger partial charge < -0.3 is 14.5 Å². The Labute approximate surface area is 153 Å². The lowest BCUT2D eigenvalue weighted by Gasteiger charge is -2.26. The van der Waals surface area contributed by atoms with Gasteiger partial charge >= 0.3 is 0 Å². The number of anilines is 1. The van der Waals surface area contributed by atoms with Gasteiger partial charge in [-0.2, -0.15) is 0 Å². The maximum Gasteiger partial charge on any atom is 0.225 e. The number of nitrogens with zero attached hydrogens (tertiary/aromatic N) is 8. The van der Waals surface area contributed by atoms with Gasteiger partial charge in [0, 0.05) is 62.9 Å². The highest BCUT2D eigenvalue weighted by molar-refractivity contribution is 5.30. The van der Waals surface area contributed by atoms with Crippen molar-refractivity contribution in [2.75, 3.05) is 58.4 Å². The van der Waals surface area contributed by atoms with Crippen LogP contribution in [-0.2, 0) is 11.3 Å². The van der Waals surface area contributed by atoms with Gasteiger partial charge in [0.05, 0.1) is 25.5 Å². The molecule has 0 radical (unpaired) electrons. The van der Waals surface area contributed by atoms with E-state index in [-0.39, 0.29) is 0 Å². The molecule has 2 fully saturated rings. The van der Waals surface area contributed by atoms with Crippen LogP contribution in [0.15, 0.2) is 24.8 Å². The zero-order valence-corrected chi connectivity index (χ0v) is 15.4. The third-order valence-electron chi connectivity index (χ3n) is 5.17. The van der Waals surface area contributed by atoms with Gasteiger partial charge in [0.15, 0.2) is 0 Å². The van der Waals surface area contributed by atoms with Crippen LogP contribution in [0.2, 0.25) is 0 Å². The smallest absolute Gasteiger partial charge is 0.225 e. The highest BCUT2D eigenvalue weighted by Crippen LogP contribution is 2.25. The molecule has 0 saturated carbocycles. The van der Waals surface area contributed by atoms with E-state index in [2.05, 4.69) is 49.1 Å². The minimum absolute atomic E-state index is 0.307. The average Bonchev–Trinajstić information content (AvgIpc) is 3.32. The van der Waals surface area contributed by atoms with Crippen LogP contribution in [0.4, 0.5) is 5.95 Å². The topological polar surface area (TPSA) is 75.4 Å². The van der Waals surface area contributed by atoms with Gasteiger partial charge in [0.1, 0.15) is 0 Å². The molecule has 0 bridgehead atoms. The lowest BCUT2D eigenvalue weighted by atomic mass is 10.1. The van der Waals surface area contributed by atoms with Gasteiger partial charge in [0.25, 0.3) is 0 Å². The average molecular weight is 358 g/mol. The second kappa shape index (κ2) is 7.65. The molecule has 2 aliphatic rings. The molecule has 9 heteroatoms. The molecule has 0 aromatic carbocycles. The Bertz CT molecular complexity index is 683. The molecule has 2 aromatic rings. The molecule has 0 amide bonds. The summed E-state index contributed by atoms with van der Waals surface area (Å²) in [6, 6.07) is 0.714. The first-order valence-corrected chi connectivity index (χ1v) is 9.09. The van der Waals surface area contributed by atoms with Gasteiger partial charge in [-0.15, -0.1) is 5.10 Å². The minimum atomic E-state index is 0.307. The molecule has 0 unspecified atom stereocenters. The van der Waals surface area contributed by atoms with Crippen LogP contribution in [0.1, 0.15) is 11.6 Å². The van der Waals surface area contributed by atoms with Crippen molar-refractivity contribution in [3.63, 3.8) is 0 Å². The minimum Gasteiger partial charge on any atom is -0.378 e. The van der Waals surface area contributed by atoms with E-state index in [0.29, 0.717) is 12.1 Å². The predicted octanol–water partition coefficient (Wildman–Crippen LogP) is -0.108. The summed E-state index contributed by atoms with van der Waals surface area (Å²) in [4.78, 5) is 16.0. The molecular weight excluding hydrogens is 332 g/mol. The van der Waals surface area contributed by atoms with Crippen LogP contribution in [0.5, 0.6) is 0 Å². The predicted molar refractivity (Wildman–Crippen MR) is 96.9 cm³/mol. The molecule has 2 aliphatic heterocycles. The standard InChI is InChI=1S/C17H26N8O/c1-22(2)15-12-23(13-16(15)25-4-3-20-21-25)11-14-9-18-17(19-10-14)24-5-7-26-8-6-24/h3-4,9-10,15-16H,5-8,11-13H2,1-2H3/t15-,16+/m1/s1. The Morgan fingerprint density at radius 2 is 1.92 bits per heavy atom. The Kier molecular flexibility index (Phi) is 5.09. The van der Waals surface area contributed by atoms with E-state index >= 15 is 0 Å². The van der Waals surface area contributed by atoms with Crippen molar-refractivity contribution in [3.8, 4) is 0 Å². The summed E-state index contributed by atoms with van der Waals surface area (Å²) < 4.78 is 7.36. The third-order valence-corrected chi connectivity index (χ3v) is 5.17. The monoisotopic (exact) mass is 358 g/mol. The van der Waals surface area contributed by atoms with Crippen LogP contribution in [0, 0.1) is 0 Å². The number of likely N-dealkylation sites (N-methyl/N-ethyl adjacent to an activating group) is 1. The molecule has 0 aliphatic carbocycles. The molecule has 2 atom stereocenters. The fourth-order valence-corrected chi connectivity index (χ4v) is 3.75. The van der Waals surface area contributed by atoms with E-state index in [1.165, 1.54) is 0 Å². The molecule has 26 heavy (non-hydrogen) atoms. The number of aromatic nitrogens is 5.